The van der Waals surface area contributed by atoms with E-state index in [1.165, 1.54) is 28.1 Å². The molecule has 0 fully saturated rings. The number of para-hydroxylation sites is 2. The lowest BCUT2D eigenvalue weighted by molar-refractivity contribution is 0.308. The second kappa shape index (κ2) is 9.76. The van der Waals surface area contributed by atoms with Crippen molar-refractivity contribution in [2.24, 2.45) is 0 Å². The molecule has 7 rings (SSSR count). The number of aryl methyl sites for hydroxylation is 1. The highest BCUT2D eigenvalue weighted by atomic mass is 15.5. The van der Waals surface area contributed by atoms with Crippen molar-refractivity contribution >= 4 is 28.5 Å². The molecule has 4 aromatic rings. The van der Waals surface area contributed by atoms with Gasteiger partial charge in [0, 0.05) is 48.7 Å². The molecule has 6 nitrogen and oxygen atoms in total. The van der Waals surface area contributed by atoms with Gasteiger partial charge in [-0.3, -0.25) is 0 Å². The average Bonchev–Trinajstić information content (AvgIpc) is 3.53. The van der Waals surface area contributed by atoms with Crippen molar-refractivity contribution in [3.63, 3.8) is 0 Å². The Balaban J connectivity index is 1.53. The van der Waals surface area contributed by atoms with Crippen LogP contribution in [0.1, 0.15) is 43.4 Å². The molecule has 3 aromatic carbocycles. The Hall–Kier alpha value is -4.58. The second-order valence-electron chi connectivity index (χ2n) is 11.7. The average molecular weight is 555 g/mol. The number of hydrogen-bond acceptors (Lipinski definition) is 6. The smallest absolute Gasteiger partial charge is 0.161 e. The summed E-state index contributed by atoms with van der Waals surface area (Å²) in [6.07, 6.45) is 8.20. The number of aromatic nitrogens is 2. The van der Waals surface area contributed by atoms with E-state index >= 15 is 0 Å². The van der Waals surface area contributed by atoms with Crippen molar-refractivity contribution < 1.29 is 0 Å². The lowest BCUT2D eigenvalue weighted by atomic mass is 9.67. The Morgan fingerprint density at radius 1 is 0.786 bits per heavy atom. The zero-order valence-electron chi connectivity index (χ0n) is 25.1. The van der Waals surface area contributed by atoms with Gasteiger partial charge in [-0.05, 0) is 48.6 Å². The fraction of sp³-hybridized carbons (Fsp3) is 0.278. The Bertz CT molecular complexity index is 1720. The van der Waals surface area contributed by atoms with Crippen LogP contribution in [-0.2, 0) is 5.41 Å². The van der Waals surface area contributed by atoms with E-state index in [0.717, 1.165) is 41.3 Å². The maximum Gasteiger partial charge on any atom is 0.161 e. The quantitative estimate of drug-likeness (QED) is 0.258. The number of benzene rings is 3. The number of hydrogen-bond donors (Lipinski definition) is 0. The summed E-state index contributed by atoms with van der Waals surface area (Å²) < 4.78 is 0. The summed E-state index contributed by atoms with van der Waals surface area (Å²) in [6, 6.07) is 26.0. The summed E-state index contributed by atoms with van der Waals surface area (Å²) in [6.45, 7) is 11.5. The van der Waals surface area contributed by atoms with Gasteiger partial charge in [0.15, 0.2) is 11.6 Å². The van der Waals surface area contributed by atoms with Crippen LogP contribution in [0.2, 0.25) is 0 Å². The van der Waals surface area contributed by atoms with Crippen LogP contribution in [0.25, 0.3) is 17.0 Å². The number of rotatable bonds is 3. The van der Waals surface area contributed by atoms with Gasteiger partial charge in [0.2, 0.25) is 0 Å². The first-order chi connectivity index (χ1) is 20.4. The molecule has 1 aromatic heterocycles. The number of nitrogens with zero attached hydrogens (tertiary/aromatic N) is 6. The van der Waals surface area contributed by atoms with Crippen LogP contribution in [0, 0.1) is 6.92 Å². The van der Waals surface area contributed by atoms with E-state index in [9.17, 15) is 0 Å². The van der Waals surface area contributed by atoms with Gasteiger partial charge in [0.05, 0.1) is 11.9 Å². The molecule has 0 saturated carbocycles. The van der Waals surface area contributed by atoms with Crippen LogP contribution in [-0.4, -0.2) is 41.3 Å². The first-order valence-electron chi connectivity index (χ1n) is 14.9. The zero-order chi connectivity index (χ0) is 29.2. The maximum absolute atomic E-state index is 5.24. The first kappa shape index (κ1) is 26.3. The van der Waals surface area contributed by atoms with Crippen LogP contribution in [0.5, 0.6) is 0 Å². The third-order valence-corrected chi connectivity index (χ3v) is 9.79. The molecule has 0 amide bonds. The third kappa shape index (κ3) is 3.57. The van der Waals surface area contributed by atoms with E-state index in [2.05, 4.69) is 140 Å². The molecule has 0 saturated heterocycles. The molecule has 3 aliphatic heterocycles. The number of likely N-dealkylation sites (N-methyl/N-ethyl adjacent to an activating group) is 2. The molecule has 0 bridgehead atoms. The number of fused-ring (bicyclic) bond motifs is 9. The van der Waals surface area contributed by atoms with Gasteiger partial charge in [-0.2, -0.15) is 0 Å². The Morgan fingerprint density at radius 2 is 1.45 bits per heavy atom. The van der Waals surface area contributed by atoms with Gasteiger partial charge in [0.25, 0.3) is 0 Å². The zero-order valence-corrected chi connectivity index (χ0v) is 25.1. The summed E-state index contributed by atoms with van der Waals surface area (Å²) in [5.74, 6) is 1.69. The molecule has 4 heterocycles. The molecule has 0 aliphatic carbocycles. The molecule has 42 heavy (non-hydrogen) atoms. The molecule has 6 heteroatoms. The minimum Gasteiger partial charge on any atom is -0.356 e. The minimum absolute atomic E-state index is 0.0242. The van der Waals surface area contributed by atoms with E-state index in [1.54, 1.807) is 0 Å². The lowest BCUT2D eigenvalue weighted by Gasteiger charge is -2.46. The Labute approximate surface area is 249 Å². The molecule has 0 N–H and O–H groups in total. The lowest BCUT2D eigenvalue weighted by Crippen LogP contribution is -2.58. The number of anilines is 4. The van der Waals surface area contributed by atoms with Crippen LogP contribution < -0.4 is 14.7 Å². The molecule has 212 valence electrons. The third-order valence-electron chi connectivity index (χ3n) is 9.79. The molecule has 2 unspecified atom stereocenters. The van der Waals surface area contributed by atoms with Gasteiger partial charge in [-0.25, -0.2) is 9.97 Å². The van der Waals surface area contributed by atoms with Gasteiger partial charge in [0.1, 0.15) is 18.0 Å². The summed E-state index contributed by atoms with van der Waals surface area (Å²) in [7, 11) is 4.34. The molecule has 0 spiro atoms. The van der Waals surface area contributed by atoms with E-state index < -0.39 is 0 Å². The molecule has 3 aliphatic rings. The summed E-state index contributed by atoms with van der Waals surface area (Å²) in [5, 5.41) is 0. The molecule has 2 atom stereocenters. The van der Waals surface area contributed by atoms with Gasteiger partial charge in [-0.15, -0.1) is 0 Å². The Kier molecular flexibility index (Phi) is 6.12. The predicted molar refractivity (Wildman–Crippen MR) is 174 cm³/mol. The summed E-state index contributed by atoms with van der Waals surface area (Å²) >= 11 is 0. The van der Waals surface area contributed by atoms with Gasteiger partial charge in [-0.1, -0.05) is 81.1 Å². The van der Waals surface area contributed by atoms with Crippen LogP contribution in [0.15, 0.2) is 98.0 Å². The van der Waals surface area contributed by atoms with Gasteiger partial charge < -0.3 is 19.6 Å². The summed E-state index contributed by atoms with van der Waals surface area (Å²) in [4.78, 5) is 19.8. The highest BCUT2D eigenvalue weighted by Gasteiger charge is 2.49. The fourth-order valence-corrected chi connectivity index (χ4v) is 7.44. The first-order valence-corrected chi connectivity index (χ1v) is 14.9. The number of allylic oxidation sites excluding steroid dienone is 1. The SMILES string of the molecule is C=C1c2ccccc2N2C=CN(C)C2C2N(C)c3nc(-c4ccccc4C)ncc3N2c2ccccc2C1(CC)CC. The fourth-order valence-electron chi connectivity index (χ4n) is 7.44. The molecule has 0 radical (unpaired) electrons. The van der Waals surface area contributed by atoms with E-state index in [1.807, 2.05) is 6.20 Å². The second-order valence-corrected chi connectivity index (χ2v) is 11.7. The van der Waals surface area contributed by atoms with Crippen molar-refractivity contribution in [2.45, 2.75) is 51.4 Å². The van der Waals surface area contributed by atoms with Crippen LogP contribution in [0.3, 0.4) is 0 Å². The maximum atomic E-state index is 5.24. The van der Waals surface area contributed by atoms with E-state index in [0.29, 0.717) is 0 Å². The highest BCUT2D eigenvalue weighted by molar-refractivity contribution is 5.89. The largest absolute Gasteiger partial charge is 0.356 e. The van der Waals surface area contributed by atoms with E-state index in [4.69, 9.17) is 16.5 Å². The van der Waals surface area contributed by atoms with E-state index in [-0.39, 0.29) is 17.7 Å². The van der Waals surface area contributed by atoms with Gasteiger partial charge >= 0.3 is 0 Å². The van der Waals surface area contributed by atoms with Crippen LogP contribution in [0.4, 0.5) is 22.9 Å². The van der Waals surface area contributed by atoms with Crippen molar-refractivity contribution in [3.05, 3.63) is 115 Å². The van der Waals surface area contributed by atoms with Crippen molar-refractivity contribution in [1.29, 1.82) is 0 Å². The minimum atomic E-state index is -0.247. The van der Waals surface area contributed by atoms with Crippen LogP contribution >= 0.6 is 0 Å². The highest BCUT2D eigenvalue weighted by Crippen LogP contribution is 2.54. The summed E-state index contributed by atoms with van der Waals surface area (Å²) in [5.41, 5.74) is 9.02. The molecular formula is C36H38N6. The topological polar surface area (TPSA) is 38.7 Å². The Morgan fingerprint density at radius 3 is 2.19 bits per heavy atom. The normalized spacial score (nSPS) is 20.2. The predicted octanol–water partition coefficient (Wildman–Crippen LogP) is 7.70. The van der Waals surface area contributed by atoms with Crippen molar-refractivity contribution in [2.75, 3.05) is 28.8 Å². The van der Waals surface area contributed by atoms with Crippen molar-refractivity contribution in [3.8, 4) is 11.4 Å². The standard InChI is InChI=1S/C36H38N6/c1-7-36(8-2)25(4)27-17-11-13-19-29(27)41-22-21-39(5)34(41)35-40(6)33-31(42(35)30-20-14-12-18-28(30)36)23-37-32(38-33)26-16-10-9-15-24(26)3/h9-23,34-35H,4,7-8H2,1-3,5-6H3. The monoisotopic (exact) mass is 554 g/mol. The molecular weight excluding hydrogens is 516 g/mol. The van der Waals surface area contributed by atoms with Crippen molar-refractivity contribution in [1.82, 2.24) is 14.9 Å².